The Labute approximate surface area is 121 Å². The van der Waals surface area contributed by atoms with Crippen LogP contribution in [-0.2, 0) is 9.59 Å². The van der Waals surface area contributed by atoms with Gasteiger partial charge in [-0.1, -0.05) is 13.0 Å². The van der Waals surface area contributed by atoms with Gasteiger partial charge in [-0.2, -0.15) is 0 Å². The van der Waals surface area contributed by atoms with Crippen LogP contribution in [0.4, 0.5) is 0 Å². The summed E-state index contributed by atoms with van der Waals surface area (Å²) in [5.74, 6) is 0.0231. The molecule has 1 rings (SSSR count). The first-order valence-electron chi connectivity index (χ1n) is 7.22. The highest BCUT2D eigenvalue weighted by Gasteiger charge is 2.25. The number of rotatable bonds is 7. The van der Waals surface area contributed by atoms with E-state index in [1.807, 2.05) is 6.92 Å². The third-order valence-corrected chi connectivity index (χ3v) is 3.36. The summed E-state index contributed by atoms with van der Waals surface area (Å²) < 4.78 is 0. The maximum Gasteiger partial charge on any atom is 0.239 e. The summed E-state index contributed by atoms with van der Waals surface area (Å²) in [6.07, 6.45) is 3.10. The fourth-order valence-electron chi connectivity index (χ4n) is 2.16. The molecule has 1 aliphatic heterocycles. The third kappa shape index (κ3) is 5.30. The summed E-state index contributed by atoms with van der Waals surface area (Å²) in [7, 11) is 0. The van der Waals surface area contributed by atoms with Crippen LogP contribution in [0.3, 0.4) is 0 Å². The van der Waals surface area contributed by atoms with E-state index in [-0.39, 0.29) is 11.8 Å². The van der Waals surface area contributed by atoms with Crippen LogP contribution >= 0.6 is 0 Å². The van der Waals surface area contributed by atoms with Crippen molar-refractivity contribution in [3.63, 3.8) is 0 Å². The topological polar surface area (TPSA) is 78.7 Å². The summed E-state index contributed by atoms with van der Waals surface area (Å²) >= 11 is 0. The van der Waals surface area contributed by atoms with E-state index < -0.39 is 6.04 Å². The van der Waals surface area contributed by atoms with E-state index >= 15 is 0 Å². The number of hydrogen-bond acceptors (Lipinski definition) is 4. The molecule has 3 N–H and O–H groups in total. The Kier molecular flexibility index (Phi) is 7.25. The maximum atomic E-state index is 12.0. The third-order valence-electron chi connectivity index (χ3n) is 3.36. The fraction of sp³-hybridized carbons (Fsp3) is 0.714. The van der Waals surface area contributed by atoms with Crippen molar-refractivity contribution in [2.24, 2.45) is 5.73 Å². The highest BCUT2D eigenvalue weighted by molar-refractivity contribution is 5.82. The summed E-state index contributed by atoms with van der Waals surface area (Å²) in [5, 5.41) is 2.86. The molecule has 2 amide bonds. The Morgan fingerprint density at radius 2 is 2.00 bits per heavy atom. The largest absolute Gasteiger partial charge is 0.355 e. The molecule has 20 heavy (non-hydrogen) atoms. The van der Waals surface area contributed by atoms with Gasteiger partial charge in [-0.25, -0.2) is 0 Å². The Morgan fingerprint density at radius 3 is 2.55 bits per heavy atom. The molecule has 0 aromatic carbocycles. The van der Waals surface area contributed by atoms with E-state index in [1.165, 1.54) is 0 Å². The predicted octanol–water partition coefficient (Wildman–Crippen LogP) is -0.440. The van der Waals surface area contributed by atoms with Gasteiger partial charge in [0.25, 0.3) is 0 Å². The number of nitrogens with one attached hydrogen (secondary N) is 1. The first-order valence-corrected chi connectivity index (χ1v) is 7.22. The van der Waals surface area contributed by atoms with Crippen molar-refractivity contribution >= 4 is 11.8 Å². The average molecular weight is 282 g/mol. The van der Waals surface area contributed by atoms with Gasteiger partial charge in [-0.15, -0.1) is 6.58 Å². The molecule has 1 saturated heterocycles. The quantitative estimate of drug-likeness (QED) is 0.621. The van der Waals surface area contributed by atoms with Gasteiger partial charge in [-0.3, -0.25) is 14.5 Å². The molecule has 1 unspecified atom stereocenters. The molecule has 1 atom stereocenters. The molecule has 114 valence electrons. The molecule has 0 aromatic rings. The second kappa shape index (κ2) is 8.71. The van der Waals surface area contributed by atoms with E-state index in [0.717, 1.165) is 6.42 Å². The number of hydrogen-bond donors (Lipinski definition) is 2. The molecule has 0 saturated carbocycles. The molecule has 0 bridgehead atoms. The highest BCUT2D eigenvalue weighted by atomic mass is 16.2. The fourth-order valence-corrected chi connectivity index (χ4v) is 2.16. The van der Waals surface area contributed by atoms with E-state index in [4.69, 9.17) is 5.73 Å². The van der Waals surface area contributed by atoms with Crippen molar-refractivity contribution in [3.8, 4) is 0 Å². The molecule has 0 aromatic heterocycles. The maximum absolute atomic E-state index is 12.0. The summed E-state index contributed by atoms with van der Waals surface area (Å²) in [6, 6.07) is -0.494. The molecule has 1 heterocycles. The molecule has 0 radical (unpaired) electrons. The Balaban J connectivity index is 2.30. The number of piperazine rings is 1. The molecule has 6 heteroatoms. The average Bonchev–Trinajstić information content (AvgIpc) is 2.45. The zero-order valence-corrected chi connectivity index (χ0v) is 12.3. The first kappa shape index (κ1) is 16.7. The molecule has 0 spiro atoms. The lowest BCUT2D eigenvalue weighted by molar-refractivity contribution is -0.134. The Hall–Kier alpha value is -1.40. The lowest BCUT2D eigenvalue weighted by Gasteiger charge is -2.35. The zero-order chi connectivity index (χ0) is 15.0. The lowest BCUT2D eigenvalue weighted by Crippen LogP contribution is -2.54. The normalized spacial score (nSPS) is 17.6. The van der Waals surface area contributed by atoms with E-state index in [2.05, 4.69) is 16.8 Å². The molecule has 1 aliphatic rings. The molecular formula is C14H26N4O2. The van der Waals surface area contributed by atoms with Gasteiger partial charge in [0, 0.05) is 32.7 Å². The van der Waals surface area contributed by atoms with E-state index in [1.54, 1.807) is 11.0 Å². The van der Waals surface area contributed by atoms with Crippen molar-refractivity contribution in [1.29, 1.82) is 0 Å². The van der Waals surface area contributed by atoms with Crippen molar-refractivity contribution in [1.82, 2.24) is 15.1 Å². The first-order chi connectivity index (χ1) is 9.58. The Bertz CT molecular complexity index is 338. The monoisotopic (exact) mass is 282 g/mol. The van der Waals surface area contributed by atoms with Crippen LogP contribution in [0.5, 0.6) is 0 Å². The SMILES string of the molecule is C=CCC(N)C(=O)N1CCN(CC(=O)NCCC)CC1. The zero-order valence-electron chi connectivity index (χ0n) is 12.3. The van der Waals surface area contributed by atoms with Crippen LogP contribution in [0.2, 0.25) is 0 Å². The summed E-state index contributed by atoms with van der Waals surface area (Å²) in [5.41, 5.74) is 5.79. The van der Waals surface area contributed by atoms with Crippen molar-refractivity contribution in [2.45, 2.75) is 25.8 Å². The van der Waals surface area contributed by atoms with Gasteiger partial charge < -0.3 is 16.0 Å². The second-order valence-corrected chi connectivity index (χ2v) is 5.08. The minimum Gasteiger partial charge on any atom is -0.355 e. The van der Waals surface area contributed by atoms with Crippen molar-refractivity contribution in [3.05, 3.63) is 12.7 Å². The van der Waals surface area contributed by atoms with Crippen molar-refractivity contribution < 1.29 is 9.59 Å². The van der Waals surface area contributed by atoms with Gasteiger partial charge in [0.2, 0.25) is 11.8 Å². The van der Waals surface area contributed by atoms with Gasteiger partial charge >= 0.3 is 0 Å². The predicted molar refractivity (Wildman–Crippen MR) is 79.1 cm³/mol. The summed E-state index contributed by atoms with van der Waals surface area (Å²) in [6.45, 7) is 9.43. The lowest BCUT2D eigenvalue weighted by atomic mass is 10.1. The van der Waals surface area contributed by atoms with Crippen LogP contribution in [0.15, 0.2) is 12.7 Å². The molecule has 0 aliphatic carbocycles. The van der Waals surface area contributed by atoms with Gasteiger partial charge in [0.15, 0.2) is 0 Å². The van der Waals surface area contributed by atoms with Crippen LogP contribution < -0.4 is 11.1 Å². The molecule has 6 nitrogen and oxygen atoms in total. The van der Waals surface area contributed by atoms with Crippen LogP contribution in [0.25, 0.3) is 0 Å². The van der Waals surface area contributed by atoms with Crippen molar-refractivity contribution in [2.75, 3.05) is 39.3 Å². The van der Waals surface area contributed by atoms with E-state index in [0.29, 0.717) is 45.7 Å². The standard InChI is InChI=1S/C14H26N4O2/c1-3-5-12(15)14(20)18-9-7-17(8-10-18)11-13(19)16-6-4-2/h3,12H,1,4-11,15H2,2H3,(H,16,19). The number of nitrogens with two attached hydrogens (primary N) is 1. The van der Waals surface area contributed by atoms with Crippen LogP contribution in [0, 0.1) is 0 Å². The Morgan fingerprint density at radius 1 is 1.35 bits per heavy atom. The number of carbonyl (C=O) groups excluding carboxylic acids is 2. The highest BCUT2D eigenvalue weighted by Crippen LogP contribution is 2.05. The van der Waals surface area contributed by atoms with E-state index in [9.17, 15) is 9.59 Å². The van der Waals surface area contributed by atoms with Gasteiger partial charge in [-0.05, 0) is 12.8 Å². The van der Waals surface area contributed by atoms with Gasteiger partial charge in [0.05, 0.1) is 12.6 Å². The molecular weight excluding hydrogens is 256 g/mol. The molecule has 1 fully saturated rings. The van der Waals surface area contributed by atoms with Gasteiger partial charge in [0.1, 0.15) is 0 Å². The smallest absolute Gasteiger partial charge is 0.239 e. The van der Waals surface area contributed by atoms with Crippen LogP contribution in [-0.4, -0.2) is 66.9 Å². The van der Waals surface area contributed by atoms with Crippen LogP contribution in [0.1, 0.15) is 19.8 Å². The summed E-state index contributed by atoms with van der Waals surface area (Å²) in [4.78, 5) is 27.5. The second-order valence-electron chi connectivity index (χ2n) is 5.08. The number of nitrogens with zero attached hydrogens (tertiary/aromatic N) is 2. The minimum absolute atomic E-state index is 0.0278. The number of carbonyl (C=O) groups is 2. The minimum atomic E-state index is -0.494. The number of amides is 2.